The number of carbonyl (C=O) groups excluding carboxylic acids is 2. The van der Waals surface area contributed by atoms with Crippen LogP contribution in [0.15, 0.2) is 23.2 Å². The number of aliphatic imine (C=N–C) groups is 1. The summed E-state index contributed by atoms with van der Waals surface area (Å²) in [5, 5.41) is 12.0. The van der Waals surface area contributed by atoms with Crippen molar-refractivity contribution in [3.8, 4) is 0 Å². The molecule has 1 aromatic rings. The molecule has 2 heterocycles. The number of amides is 2. The molecule has 0 unspecified atom stereocenters. The minimum absolute atomic E-state index is 0.0201. The van der Waals surface area contributed by atoms with E-state index in [1.54, 1.807) is 11.8 Å². The second-order valence-electron chi connectivity index (χ2n) is 11.0. The number of piperidine rings is 1. The lowest BCUT2D eigenvalue weighted by Gasteiger charge is -2.34. The topological polar surface area (TPSA) is 94.5 Å². The third kappa shape index (κ3) is 9.86. The molecule has 1 fully saturated rings. The van der Waals surface area contributed by atoms with Crippen molar-refractivity contribution in [2.75, 3.05) is 50.1 Å². The molecular formula is C31H50N4O4S. The molecule has 8 nitrogen and oxygen atoms in total. The molecule has 2 aliphatic rings. The van der Waals surface area contributed by atoms with Crippen LogP contribution >= 0.6 is 11.9 Å². The number of carbonyl (C=O) groups is 2. The summed E-state index contributed by atoms with van der Waals surface area (Å²) >= 11 is 1.85. The van der Waals surface area contributed by atoms with Gasteiger partial charge in [0, 0.05) is 44.4 Å². The number of unbranched alkanes of at least 4 members (excludes halogenated alkanes) is 6. The quantitative estimate of drug-likeness (QED) is 0.188. The van der Waals surface area contributed by atoms with E-state index in [9.17, 15) is 9.59 Å². The van der Waals surface area contributed by atoms with Crippen molar-refractivity contribution in [1.82, 2.24) is 9.62 Å². The number of ether oxygens (including phenoxy) is 1. The zero-order chi connectivity index (χ0) is 28.8. The average Bonchev–Trinajstić information content (AvgIpc) is 3.24. The normalized spacial score (nSPS) is 16.8. The molecule has 2 aliphatic heterocycles. The highest BCUT2D eigenvalue weighted by molar-refractivity contribution is 7.97. The molecule has 1 spiro atoms. The predicted molar refractivity (Wildman–Crippen MR) is 165 cm³/mol. The van der Waals surface area contributed by atoms with Crippen molar-refractivity contribution in [3.63, 3.8) is 0 Å². The van der Waals surface area contributed by atoms with Crippen LogP contribution in [0.3, 0.4) is 0 Å². The SMILES string of the molecule is CCCCCCCCCC1=NC2(CCN(SCCc3ccc(N(CCOCCO)C(C)=O)cc3C)CC2)C(=O)N1. The number of hydrogen-bond donors (Lipinski definition) is 2. The van der Waals surface area contributed by atoms with E-state index in [0.29, 0.717) is 13.2 Å². The predicted octanol–water partition coefficient (Wildman–Crippen LogP) is 5.05. The monoisotopic (exact) mass is 574 g/mol. The van der Waals surface area contributed by atoms with Gasteiger partial charge in [0.25, 0.3) is 5.91 Å². The van der Waals surface area contributed by atoms with Gasteiger partial charge >= 0.3 is 0 Å². The van der Waals surface area contributed by atoms with Gasteiger partial charge in [0.15, 0.2) is 0 Å². The number of amidine groups is 1. The fourth-order valence-corrected chi connectivity index (χ4v) is 6.49. The van der Waals surface area contributed by atoms with Gasteiger partial charge in [0.2, 0.25) is 5.91 Å². The lowest BCUT2D eigenvalue weighted by Crippen LogP contribution is -2.47. The number of aliphatic hydroxyl groups excluding tert-OH is 1. The van der Waals surface area contributed by atoms with Gasteiger partial charge in [-0.05, 0) is 55.9 Å². The van der Waals surface area contributed by atoms with Crippen LogP contribution in [0.5, 0.6) is 0 Å². The van der Waals surface area contributed by atoms with E-state index < -0.39 is 5.54 Å². The standard InChI is InChI=1S/C31H50N4O4S/c1-4-5-6-7-8-9-10-11-29-32-30(38)31(33-29)15-17-34(18-16-31)40-23-14-27-12-13-28(24-25(27)2)35(26(3)37)19-21-39-22-20-36/h12-13,24,36H,4-11,14-23H2,1-3H3,(H,32,33,38). The highest BCUT2D eigenvalue weighted by atomic mass is 32.2. The molecule has 0 bridgehead atoms. The summed E-state index contributed by atoms with van der Waals surface area (Å²) in [6, 6.07) is 6.19. The Morgan fingerprint density at radius 1 is 1.12 bits per heavy atom. The van der Waals surface area contributed by atoms with Gasteiger partial charge in [0.1, 0.15) is 11.4 Å². The number of nitrogens with one attached hydrogen (secondary N) is 1. The van der Waals surface area contributed by atoms with E-state index in [1.165, 1.54) is 49.7 Å². The summed E-state index contributed by atoms with van der Waals surface area (Å²) in [5.74, 6) is 1.95. The van der Waals surface area contributed by atoms with Gasteiger partial charge in [0.05, 0.1) is 19.8 Å². The van der Waals surface area contributed by atoms with Crippen LogP contribution in [0, 0.1) is 6.92 Å². The Hall–Kier alpha value is -1.94. The van der Waals surface area contributed by atoms with Gasteiger partial charge in [-0.1, -0.05) is 63.5 Å². The lowest BCUT2D eigenvalue weighted by molar-refractivity contribution is -0.125. The van der Waals surface area contributed by atoms with Gasteiger partial charge in [-0.15, -0.1) is 0 Å². The first kappa shape index (κ1) is 32.6. The molecule has 2 N–H and O–H groups in total. The molecule has 0 saturated carbocycles. The molecule has 0 atom stereocenters. The van der Waals surface area contributed by atoms with Crippen molar-refractivity contribution in [1.29, 1.82) is 0 Å². The smallest absolute Gasteiger partial charge is 0.253 e. The van der Waals surface area contributed by atoms with E-state index >= 15 is 0 Å². The number of hydrogen-bond acceptors (Lipinski definition) is 7. The summed E-state index contributed by atoms with van der Waals surface area (Å²) in [6.07, 6.45) is 12.3. The molecule has 224 valence electrons. The summed E-state index contributed by atoms with van der Waals surface area (Å²) in [5.41, 5.74) is 2.77. The molecule has 1 aromatic carbocycles. The first-order chi connectivity index (χ1) is 19.4. The van der Waals surface area contributed by atoms with Gasteiger partial charge in [-0.2, -0.15) is 0 Å². The Labute approximate surface area is 245 Å². The fraction of sp³-hybridized carbons (Fsp3) is 0.710. The maximum atomic E-state index is 12.8. The van der Waals surface area contributed by atoms with Crippen molar-refractivity contribution < 1.29 is 19.4 Å². The first-order valence-electron chi connectivity index (χ1n) is 15.2. The number of aliphatic hydroxyl groups is 1. The van der Waals surface area contributed by atoms with Gasteiger partial charge < -0.3 is 20.1 Å². The molecule has 2 amide bonds. The number of benzene rings is 1. The first-order valence-corrected chi connectivity index (χ1v) is 16.2. The summed E-state index contributed by atoms with van der Waals surface area (Å²) in [7, 11) is 0. The van der Waals surface area contributed by atoms with Crippen LogP contribution in [-0.4, -0.2) is 77.8 Å². The van der Waals surface area contributed by atoms with Crippen LogP contribution in [0.2, 0.25) is 0 Å². The van der Waals surface area contributed by atoms with Crippen molar-refractivity contribution in [3.05, 3.63) is 29.3 Å². The lowest BCUT2D eigenvalue weighted by atomic mass is 9.89. The summed E-state index contributed by atoms with van der Waals surface area (Å²) < 4.78 is 7.73. The maximum absolute atomic E-state index is 12.8. The number of aryl methyl sites for hydroxylation is 2. The van der Waals surface area contributed by atoms with E-state index in [1.807, 2.05) is 18.0 Å². The zero-order valence-corrected chi connectivity index (χ0v) is 25.7. The van der Waals surface area contributed by atoms with E-state index in [4.69, 9.17) is 14.8 Å². The Bertz CT molecular complexity index is 978. The van der Waals surface area contributed by atoms with E-state index in [2.05, 4.69) is 35.6 Å². The Kier molecular flexibility index (Phi) is 13.9. The fourth-order valence-electron chi connectivity index (χ4n) is 5.48. The molecule has 0 aromatic heterocycles. The second kappa shape index (κ2) is 17.1. The zero-order valence-electron chi connectivity index (χ0n) is 24.9. The molecule has 3 rings (SSSR count). The third-order valence-corrected chi connectivity index (χ3v) is 9.07. The van der Waals surface area contributed by atoms with Crippen molar-refractivity contribution in [2.45, 2.75) is 96.9 Å². The highest BCUT2D eigenvalue weighted by Crippen LogP contribution is 2.33. The molecular weight excluding hydrogens is 524 g/mol. The molecule has 0 aliphatic carbocycles. The van der Waals surface area contributed by atoms with Crippen LogP contribution in [-0.2, 0) is 20.7 Å². The third-order valence-electron chi connectivity index (χ3n) is 7.95. The van der Waals surface area contributed by atoms with Crippen LogP contribution in [0.25, 0.3) is 0 Å². The largest absolute Gasteiger partial charge is 0.394 e. The van der Waals surface area contributed by atoms with Crippen molar-refractivity contribution >= 4 is 35.3 Å². The summed E-state index contributed by atoms with van der Waals surface area (Å²) in [4.78, 5) is 31.6. The van der Waals surface area contributed by atoms with Crippen LogP contribution in [0.1, 0.15) is 89.2 Å². The minimum Gasteiger partial charge on any atom is -0.394 e. The van der Waals surface area contributed by atoms with Crippen molar-refractivity contribution in [2.24, 2.45) is 4.99 Å². The Balaban J connectivity index is 1.40. The Morgan fingerprint density at radius 3 is 2.52 bits per heavy atom. The van der Waals surface area contributed by atoms with Crippen LogP contribution in [0.4, 0.5) is 5.69 Å². The number of anilines is 1. The van der Waals surface area contributed by atoms with E-state index in [-0.39, 0.29) is 25.0 Å². The second-order valence-corrected chi connectivity index (χ2v) is 12.2. The van der Waals surface area contributed by atoms with Gasteiger partial charge in [-0.25, -0.2) is 0 Å². The van der Waals surface area contributed by atoms with E-state index in [0.717, 1.165) is 62.5 Å². The maximum Gasteiger partial charge on any atom is 0.253 e. The average molecular weight is 575 g/mol. The molecule has 1 saturated heterocycles. The van der Waals surface area contributed by atoms with Gasteiger partial charge in [-0.3, -0.25) is 18.9 Å². The Morgan fingerprint density at radius 2 is 1.85 bits per heavy atom. The number of rotatable bonds is 18. The molecule has 40 heavy (non-hydrogen) atoms. The number of nitrogens with zero attached hydrogens (tertiary/aromatic N) is 3. The van der Waals surface area contributed by atoms with Crippen LogP contribution < -0.4 is 10.2 Å². The molecule has 9 heteroatoms. The molecule has 0 radical (unpaired) electrons. The highest BCUT2D eigenvalue weighted by Gasteiger charge is 2.45. The summed E-state index contributed by atoms with van der Waals surface area (Å²) in [6.45, 7) is 8.75. The minimum atomic E-state index is -0.550.